The van der Waals surface area contributed by atoms with Crippen LogP contribution in [0, 0.1) is 0 Å². The smallest absolute Gasteiger partial charge is 0.254 e. The van der Waals surface area contributed by atoms with Crippen LogP contribution in [0.25, 0.3) is 5.82 Å². The maximum absolute atomic E-state index is 12.5. The summed E-state index contributed by atoms with van der Waals surface area (Å²) in [6, 6.07) is 5.62. The molecule has 3 N–H and O–H groups in total. The number of hydrogen-bond donors (Lipinski definition) is 2. The topological polar surface area (TPSA) is 85.8 Å². The molecule has 0 bridgehead atoms. The van der Waals surface area contributed by atoms with E-state index in [9.17, 15) is 4.79 Å². The second-order valence-corrected chi connectivity index (χ2v) is 5.71. The zero-order chi connectivity index (χ0) is 16.9. The minimum absolute atomic E-state index is 0. The highest BCUT2D eigenvalue weighted by molar-refractivity contribution is 5.95. The molecule has 0 spiro atoms. The lowest BCUT2D eigenvalue weighted by Crippen LogP contribution is -2.49. The number of hydrogen-bond acceptors (Lipinski definition) is 4. The Morgan fingerprint density at radius 2 is 1.92 bits per heavy atom. The first-order valence-corrected chi connectivity index (χ1v) is 8.10. The van der Waals surface area contributed by atoms with Crippen molar-refractivity contribution in [1.82, 2.24) is 20.1 Å². The first-order chi connectivity index (χ1) is 11.0. The van der Waals surface area contributed by atoms with E-state index in [1.807, 2.05) is 39.0 Å². The molecule has 2 aromatic heterocycles. The Bertz CT molecular complexity index is 656. The number of nitrogens with one attached hydrogen (secondary N) is 1. The fourth-order valence-corrected chi connectivity index (χ4v) is 2.43. The molecule has 0 unspecified atom stereocenters. The molecule has 0 aliphatic rings. The van der Waals surface area contributed by atoms with Crippen molar-refractivity contribution in [2.45, 2.75) is 45.6 Å². The van der Waals surface area contributed by atoms with Crippen molar-refractivity contribution in [3.05, 3.63) is 41.9 Å². The lowest BCUT2D eigenvalue weighted by Gasteiger charge is -2.26. The zero-order valence-electron chi connectivity index (χ0n) is 14.9. The van der Waals surface area contributed by atoms with Gasteiger partial charge in [-0.15, -0.1) is 24.8 Å². The van der Waals surface area contributed by atoms with E-state index in [0.717, 1.165) is 18.5 Å². The highest BCUT2D eigenvalue weighted by atomic mass is 35.5. The van der Waals surface area contributed by atoms with Gasteiger partial charge >= 0.3 is 0 Å². The molecule has 0 saturated heterocycles. The maximum Gasteiger partial charge on any atom is 0.254 e. The lowest BCUT2D eigenvalue weighted by atomic mass is 9.94. The SMILES string of the molecule is CCc1c(C(=O)NCC(N)(CC)CC)cnn1-c1ccccn1.Cl.Cl. The van der Waals surface area contributed by atoms with Crippen LogP contribution in [0.15, 0.2) is 30.6 Å². The van der Waals surface area contributed by atoms with Gasteiger partial charge in [0.1, 0.15) is 0 Å². The van der Waals surface area contributed by atoms with Crippen LogP contribution >= 0.6 is 24.8 Å². The predicted octanol–water partition coefficient (Wildman–Crippen LogP) is 2.92. The zero-order valence-corrected chi connectivity index (χ0v) is 16.5. The lowest BCUT2D eigenvalue weighted by molar-refractivity contribution is 0.0941. The van der Waals surface area contributed by atoms with Gasteiger partial charge in [-0.2, -0.15) is 5.10 Å². The third kappa shape index (κ3) is 5.42. The molecule has 0 fully saturated rings. The average molecular weight is 388 g/mol. The highest BCUT2D eigenvalue weighted by Crippen LogP contribution is 2.15. The van der Waals surface area contributed by atoms with Gasteiger partial charge in [0.2, 0.25) is 0 Å². The number of carbonyl (C=O) groups excluding carboxylic acids is 1. The normalized spacial score (nSPS) is 10.6. The predicted molar refractivity (Wildman–Crippen MR) is 105 cm³/mol. The standard InChI is InChI=1S/C17H25N5O.2ClH/c1-4-14-13(16(23)20-12-17(18,5-2)6-3)11-21-22(14)15-9-7-8-10-19-15;;/h7-11H,4-6,12,18H2,1-3H3,(H,20,23);2*1H. The van der Waals surface area contributed by atoms with E-state index in [4.69, 9.17) is 5.73 Å². The molecule has 0 aliphatic carbocycles. The van der Waals surface area contributed by atoms with Crippen LogP contribution < -0.4 is 11.1 Å². The van der Waals surface area contributed by atoms with Crippen LogP contribution in [0.2, 0.25) is 0 Å². The number of rotatable bonds is 7. The van der Waals surface area contributed by atoms with Crippen molar-refractivity contribution < 1.29 is 4.79 Å². The highest BCUT2D eigenvalue weighted by Gasteiger charge is 2.23. The maximum atomic E-state index is 12.5. The molecule has 8 heteroatoms. The van der Waals surface area contributed by atoms with Gasteiger partial charge in [-0.3, -0.25) is 4.79 Å². The average Bonchev–Trinajstić information content (AvgIpc) is 3.04. The van der Waals surface area contributed by atoms with Crippen molar-refractivity contribution in [3.8, 4) is 5.82 Å². The molecule has 0 aliphatic heterocycles. The van der Waals surface area contributed by atoms with Crippen molar-refractivity contribution in [3.63, 3.8) is 0 Å². The summed E-state index contributed by atoms with van der Waals surface area (Å²) in [5, 5.41) is 7.27. The summed E-state index contributed by atoms with van der Waals surface area (Å²) in [7, 11) is 0. The van der Waals surface area contributed by atoms with Crippen LogP contribution in [-0.4, -0.2) is 32.8 Å². The Kier molecular flexibility index (Phi) is 9.70. The fraction of sp³-hybridized carbons (Fsp3) is 0.471. The number of aromatic nitrogens is 3. The van der Waals surface area contributed by atoms with Crippen LogP contribution in [0.4, 0.5) is 0 Å². The van der Waals surface area contributed by atoms with Gasteiger partial charge in [0.25, 0.3) is 5.91 Å². The van der Waals surface area contributed by atoms with E-state index in [-0.39, 0.29) is 36.3 Å². The first-order valence-electron chi connectivity index (χ1n) is 8.10. The van der Waals surface area contributed by atoms with Crippen molar-refractivity contribution >= 4 is 30.7 Å². The van der Waals surface area contributed by atoms with Gasteiger partial charge in [0, 0.05) is 18.3 Å². The van der Waals surface area contributed by atoms with Gasteiger partial charge in [0.15, 0.2) is 5.82 Å². The number of pyridine rings is 1. The Morgan fingerprint density at radius 3 is 2.44 bits per heavy atom. The van der Waals surface area contributed by atoms with Crippen LogP contribution in [0.1, 0.15) is 49.7 Å². The van der Waals surface area contributed by atoms with Crippen LogP contribution in [-0.2, 0) is 6.42 Å². The molecule has 0 radical (unpaired) electrons. The van der Waals surface area contributed by atoms with Gasteiger partial charge in [-0.05, 0) is 31.4 Å². The second kappa shape index (κ2) is 10.4. The fourth-order valence-electron chi connectivity index (χ4n) is 2.43. The summed E-state index contributed by atoms with van der Waals surface area (Å²) >= 11 is 0. The van der Waals surface area contributed by atoms with Gasteiger partial charge < -0.3 is 11.1 Å². The molecule has 2 heterocycles. The minimum Gasteiger partial charge on any atom is -0.350 e. The Balaban J connectivity index is 0.00000288. The number of nitrogens with zero attached hydrogens (tertiary/aromatic N) is 3. The molecule has 1 amide bonds. The molecule has 2 aromatic rings. The van der Waals surface area contributed by atoms with Gasteiger partial charge in [-0.1, -0.05) is 26.8 Å². The molecule has 2 rings (SSSR count). The molecule has 25 heavy (non-hydrogen) atoms. The first kappa shape index (κ1) is 23.4. The second-order valence-electron chi connectivity index (χ2n) is 5.71. The summed E-state index contributed by atoms with van der Waals surface area (Å²) in [5.41, 5.74) is 7.30. The summed E-state index contributed by atoms with van der Waals surface area (Å²) in [5.74, 6) is 0.569. The Morgan fingerprint density at radius 1 is 1.24 bits per heavy atom. The van der Waals surface area contributed by atoms with Crippen molar-refractivity contribution in [1.29, 1.82) is 0 Å². The Labute approximate surface area is 161 Å². The summed E-state index contributed by atoms with van der Waals surface area (Å²) < 4.78 is 1.71. The summed E-state index contributed by atoms with van der Waals surface area (Å²) in [6.45, 7) is 6.52. The Hall–Kier alpha value is -1.63. The van der Waals surface area contributed by atoms with E-state index in [1.54, 1.807) is 17.1 Å². The molecular formula is C17H27Cl2N5O. The van der Waals surface area contributed by atoms with Gasteiger partial charge in [0.05, 0.1) is 17.5 Å². The molecule has 0 aromatic carbocycles. The number of halogens is 2. The molecule has 0 atom stereocenters. The van der Waals surface area contributed by atoms with E-state index >= 15 is 0 Å². The minimum atomic E-state index is -0.362. The van der Waals surface area contributed by atoms with E-state index < -0.39 is 0 Å². The molecule has 0 saturated carbocycles. The summed E-state index contributed by atoms with van der Waals surface area (Å²) in [4.78, 5) is 16.8. The number of carbonyl (C=O) groups is 1. The van der Waals surface area contributed by atoms with E-state index in [2.05, 4.69) is 15.4 Å². The van der Waals surface area contributed by atoms with Crippen LogP contribution in [0.5, 0.6) is 0 Å². The third-order valence-corrected chi connectivity index (χ3v) is 4.32. The summed E-state index contributed by atoms with van der Waals surface area (Å²) in [6.07, 6.45) is 5.63. The van der Waals surface area contributed by atoms with Crippen molar-refractivity contribution in [2.24, 2.45) is 5.73 Å². The van der Waals surface area contributed by atoms with E-state index in [1.165, 1.54) is 0 Å². The molecule has 6 nitrogen and oxygen atoms in total. The third-order valence-electron chi connectivity index (χ3n) is 4.32. The van der Waals surface area contributed by atoms with Crippen LogP contribution in [0.3, 0.4) is 0 Å². The van der Waals surface area contributed by atoms with Crippen molar-refractivity contribution in [2.75, 3.05) is 6.54 Å². The quantitative estimate of drug-likeness (QED) is 0.764. The molecule has 140 valence electrons. The van der Waals surface area contributed by atoms with Gasteiger partial charge in [-0.25, -0.2) is 9.67 Å². The monoisotopic (exact) mass is 387 g/mol. The molecular weight excluding hydrogens is 361 g/mol. The number of amides is 1. The van der Waals surface area contributed by atoms with E-state index in [0.29, 0.717) is 24.3 Å². The number of nitrogens with two attached hydrogens (primary N) is 1. The largest absolute Gasteiger partial charge is 0.350 e.